The molecule has 1 fully saturated rings. The van der Waals surface area contributed by atoms with Crippen molar-refractivity contribution in [1.29, 1.82) is 0 Å². The van der Waals surface area contributed by atoms with Crippen molar-refractivity contribution in [3.63, 3.8) is 0 Å². The second-order valence-electron chi connectivity index (χ2n) is 7.51. The summed E-state index contributed by atoms with van der Waals surface area (Å²) in [5.74, 6) is 1.67. The van der Waals surface area contributed by atoms with Gasteiger partial charge in [-0.25, -0.2) is 0 Å². The van der Waals surface area contributed by atoms with E-state index in [4.69, 9.17) is 4.74 Å². The Balaban J connectivity index is 1.44. The van der Waals surface area contributed by atoms with Crippen LogP contribution in [0.4, 0.5) is 0 Å². The zero-order valence-corrected chi connectivity index (χ0v) is 16.8. The Morgan fingerprint density at radius 3 is 2.69 bits per heavy atom. The molecule has 3 aromatic rings. The van der Waals surface area contributed by atoms with Gasteiger partial charge in [-0.05, 0) is 30.2 Å². The van der Waals surface area contributed by atoms with Crippen molar-refractivity contribution < 1.29 is 9.53 Å². The number of carbonyl (C=O) groups excluding carboxylic acids is 1. The topological polar surface area (TPSA) is 68.2 Å². The van der Waals surface area contributed by atoms with Gasteiger partial charge in [-0.1, -0.05) is 36.4 Å². The zero-order chi connectivity index (χ0) is 20.2. The maximum Gasteiger partial charge on any atom is 0.225 e. The molecule has 6 heteroatoms. The average molecular weight is 390 g/mol. The van der Waals surface area contributed by atoms with Crippen LogP contribution in [0.2, 0.25) is 0 Å². The van der Waals surface area contributed by atoms with Crippen LogP contribution in [0.3, 0.4) is 0 Å². The highest BCUT2D eigenvalue weighted by molar-refractivity contribution is 5.80. The van der Waals surface area contributed by atoms with E-state index in [9.17, 15) is 4.79 Å². The lowest BCUT2D eigenvalue weighted by molar-refractivity contribution is -0.125. The molecule has 1 amide bonds. The van der Waals surface area contributed by atoms with E-state index in [0.29, 0.717) is 13.1 Å². The van der Waals surface area contributed by atoms with Crippen molar-refractivity contribution >= 4 is 5.91 Å². The quantitative estimate of drug-likeness (QED) is 0.679. The van der Waals surface area contributed by atoms with E-state index in [2.05, 4.69) is 15.7 Å². The second-order valence-corrected chi connectivity index (χ2v) is 7.51. The maximum absolute atomic E-state index is 12.9. The minimum Gasteiger partial charge on any atom is -0.457 e. The molecule has 2 N–H and O–H groups in total. The smallest absolute Gasteiger partial charge is 0.225 e. The molecule has 1 aromatic heterocycles. The third kappa shape index (κ3) is 4.32. The molecule has 0 saturated carbocycles. The summed E-state index contributed by atoms with van der Waals surface area (Å²) < 4.78 is 7.90. The third-order valence-corrected chi connectivity index (χ3v) is 5.44. The summed E-state index contributed by atoms with van der Waals surface area (Å²) in [6.45, 7) is 3.91. The number of hydrogen-bond acceptors (Lipinski definition) is 4. The number of rotatable bonds is 6. The van der Waals surface area contributed by atoms with Gasteiger partial charge in [0, 0.05) is 44.4 Å². The summed E-state index contributed by atoms with van der Waals surface area (Å²) >= 11 is 0. The average Bonchev–Trinajstić information content (AvgIpc) is 3.37. The number of nitrogens with one attached hydrogen (secondary N) is 2. The van der Waals surface area contributed by atoms with Gasteiger partial charge in [0.1, 0.15) is 11.5 Å². The van der Waals surface area contributed by atoms with E-state index in [1.54, 1.807) is 4.68 Å². The molecule has 2 heterocycles. The highest BCUT2D eigenvalue weighted by Gasteiger charge is 2.34. The Morgan fingerprint density at radius 1 is 1.17 bits per heavy atom. The molecule has 0 bridgehead atoms. The lowest BCUT2D eigenvalue weighted by atomic mass is 9.90. The standard InChI is InChI=1S/C23H26N4O2/c1-16-7-3-5-9-21(16)29-22-10-6-4-8-17(22)11-25-23(28)20-14-24-13-19(20)18-12-26-27(2)15-18/h3-10,12,15,19-20,24H,11,13-14H2,1-2H3,(H,25,28)/t19-,20+/m1/s1. The van der Waals surface area contributed by atoms with Gasteiger partial charge in [0.25, 0.3) is 0 Å². The Labute approximate surface area is 170 Å². The predicted octanol–water partition coefficient (Wildman–Crippen LogP) is 3.14. The van der Waals surface area contributed by atoms with Crippen LogP contribution < -0.4 is 15.4 Å². The van der Waals surface area contributed by atoms with Crippen molar-refractivity contribution in [3.05, 3.63) is 77.6 Å². The van der Waals surface area contributed by atoms with Crippen molar-refractivity contribution in [2.24, 2.45) is 13.0 Å². The van der Waals surface area contributed by atoms with Gasteiger partial charge in [0.2, 0.25) is 5.91 Å². The lowest BCUT2D eigenvalue weighted by Crippen LogP contribution is -2.34. The van der Waals surface area contributed by atoms with E-state index in [-0.39, 0.29) is 17.7 Å². The number of nitrogens with zero attached hydrogens (tertiary/aromatic N) is 2. The first-order chi connectivity index (χ1) is 14.1. The van der Waals surface area contributed by atoms with Crippen molar-refractivity contribution in [3.8, 4) is 11.5 Å². The molecule has 1 saturated heterocycles. The summed E-state index contributed by atoms with van der Waals surface area (Å²) in [7, 11) is 1.90. The number of para-hydroxylation sites is 2. The lowest BCUT2D eigenvalue weighted by Gasteiger charge is -2.18. The largest absolute Gasteiger partial charge is 0.457 e. The fourth-order valence-electron chi connectivity index (χ4n) is 3.79. The molecule has 29 heavy (non-hydrogen) atoms. The van der Waals surface area contributed by atoms with Crippen LogP contribution in [0.1, 0.15) is 22.6 Å². The van der Waals surface area contributed by atoms with Gasteiger partial charge in [-0.3, -0.25) is 9.48 Å². The van der Waals surface area contributed by atoms with Crippen LogP contribution in [0, 0.1) is 12.8 Å². The maximum atomic E-state index is 12.9. The first-order valence-corrected chi connectivity index (χ1v) is 9.90. The van der Waals surface area contributed by atoms with Crippen molar-refractivity contribution in [2.45, 2.75) is 19.4 Å². The molecule has 150 valence electrons. The number of aromatic nitrogens is 2. The molecule has 0 spiro atoms. The molecule has 0 unspecified atom stereocenters. The molecule has 4 rings (SSSR count). The van der Waals surface area contributed by atoms with E-state index in [0.717, 1.165) is 34.7 Å². The van der Waals surface area contributed by atoms with Crippen LogP contribution in [-0.2, 0) is 18.4 Å². The molecular formula is C23H26N4O2. The van der Waals surface area contributed by atoms with Gasteiger partial charge in [-0.2, -0.15) is 5.10 Å². The number of amides is 1. The molecule has 0 aliphatic carbocycles. The van der Waals surface area contributed by atoms with Gasteiger partial charge >= 0.3 is 0 Å². The zero-order valence-electron chi connectivity index (χ0n) is 16.8. The monoisotopic (exact) mass is 390 g/mol. The summed E-state index contributed by atoms with van der Waals surface area (Å²) in [5, 5.41) is 10.7. The summed E-state index contributed by atoms with van der Waals surface area (Å²) in [6, 6.07) is 15.7. The highest BCUT2D eigenvalue weighted by atomic mass is 16.5. The molecular weight excluding hydrogens is 364 g/mol. The van der Waals surface area contributed by atoms with Gasteiger partial charge in [0.05, 0.1) is 12.1 Å². The number of hydrogen-bond donors (Lipinski definition) is 2. The Morgan fingerprint density at radius 2 is 1.93 bits per heavy atom. The summed E-state index contributed by atoms with van der Waals surface area (Å²) in [4.78, 5) is 12.9. The minimum absolute atomic E-state index is 0.0505. The molecule has 1 aliphatic rings. The number of ether oxygens (including phenoxy) is 1. The van der Waals surface area contributed by atoms with Crippen LogP contribution >= 0.6 is 0 Å². The Kier molecular flexibility index (Phi) is 5.62. The van der Waals surface area contributed by atoms with E-state index in [1.807, 2.05) is 74.9 Å². The Bertz CT molecular complexity index is 998. The second kappa shape index (κ2) is 8.49. The van der Waals surface area contributed by atoms with Crippen molar-refractivity contribution in [2.75, 3.05) is 13.1 Å². The van der Waals surface area contributed by atoms with E-state index >= 15 is 0 Å². The van der Waals surface area contributed by atoms with Gasteiger partial charge in [-0.15, -0.1) is 0 Å². The van der Waals surface area contributed by atoms with E-state index in [1.165, 1.54) is 0 Å². The fraction of sp³-hybridized carbons (Fsp3) is 0.304. The molecule has 2 atom stereocenters. The Hall–Kier alpha value is -3.12. The molecule has 1 aliphatic heterocycles. The fourth-order valence-corrected chi connectivity index (χ4v) is 3.79. The number of aryl methyl sites for hydroxylation is 2. The normalized spacial score (nSPS) is 18.6. The summed E-state index contributed by atoms with van der Waals surface area (Å²) in [6.07, 6.45) is 3.84. The molecule has 2 aromatic carbocycles. The third-order valence-electron chi connectivity index (χ3n) is 5.44. The first kappa shape index (κ1) is 19.2. The summed E-state index contributed by atoms with van der Waals surface area (Å²) in [5.41, 5.74) is 3.12. The minimum atomic E-state index is -0.108. The molecule has 6 nitrogen and oxygen atoms in total. The van der Waals surface area contributed by atoms with Crippen molar-refractivity contribution in [1.82, 2.24) is 20.4 Å². The number of carbonyl (C=O) groups is 1. The molecule has 0 radical (unpaired) electrons. The van der Waals surface area contributed by atoms with Crippen LogP contribution in [0.5, 0.6) is 11.5 Å². The van der Waals surface area contributed by atoms with Gasteiger partial charge in [0.15, 0.2) is 0 Å². The predicted molar refractivity (Wildman–Crippen MR) is 112 cm³/mol. The van der Waals surface area contributed by atoms with Crippen LogP contribution in [-0.4, -0.2) is 28.8 Å². The van der Waals surface area contributed by atoms with Gasteiger partial charge < -0.3 is 15.4 Å². The first-order valence-electron chi connectivity index (χ1n) is 9.90. The SMILES string of the molecule is Cc1ccccc1Oc1ccccc1CNC(=O)[C@H]1CNC[C@@H]1c1cnn(C)c1. The number of benzene rings is 2. The van der Waals surface area contributed by atoms with E-state index < -0.39 is 0 Å². The van der Waals surface area contributed by atoms with Crippen LogP contribution in [0.25, 0.3) is 0 Å². The highest BCUT2D eigenvalue weighted by Crippen LogP contribution is 2.29. The van der Waals surface area contributed by atoms with Crippen LogP contribution in [0.15, 0.2) is 60.9 Å².